The molecule has 0 radical (unpaired) electrons. The second-order valence-electron chi connectivity index (χ2n) is 9.88. The van der Waals surface area contributed by atoms with Gasteiger partial charge in [-0.2, -0.15) is 0 Å². The van der Waals surface area contributed by atoms with Crippen LogP contribution in [-0.4, -0.2) is 22.9 Å². The van der Waals surface area contributed by atoms with Gasteiger partial charge in [0.25, 0.3) is 0 Å². The van der Waals surface area contributed by atoms with Gasteiger partial charge < -0.3 is 14.9 Å². The van der Waals surface area contributed by atoms with E-state index in [0.717, 1.165) is 28.6 Å². The Morgan fingerprint density at radius 3 is 2.59 bits per heavy atom. The van der Waals surface area contributed by atoms with E-state index in [1.54, 1.807) is 0 Å². The Morgan fingerprint density at radius 2 is 1.74 bits per heavy atom. The summed E-state index contributed by atoms with van der Waals surface area (Å²) < 4.78 is 0. The van der Waals surface area contributed by atoms with Crippen LogP contribution >= 0.6 is 0 Å². The van der Waals surface area contributed by atoms with Gasteiger partial charge in [0, 0.05) is 57.9 Å². The molecule has 1 aliphatic carbocycles. The molecule has 4 heteroatoms. The number of rotatable bonds is 2. The van der Waals surface area contributed by atoms with E-state index in [1.165, 1.54) is 33.3 Å². The van der Waals surface area contributed by atoms with Crippen molar-refractivity contribution in [3.05, 3.63) is 101 Å². The average Bonchev–Trinajstić information content (AvgIpc) is 3.57. The molecule has 0 saturated carbocycles. The van der Waals surface area contributed by atoms with Gasteiger partial charge in [0.2, 0.25) is 5.91 Å². The average molecular weight is 446 g/mol. The van der Waals surface area contributed by atoms with Crippen LogP contribution in [0.5, 0.6) is 0 Å². The molecule has 4 nitrogen and oxygen atoms in total. The first-order valence-corrected chi connectivity index (χ1v) is 12.1. The van der Waals surface area contributed by atoms with Crippen molar-refractivity contribution < 1.29 is 4.79 Å². The number of aromatic nitrogens is 2. The highest BCUT2D eigenvalue weighted by Gasteiger charge is 2.63. The summed E-state index contributed by atoms with van der Waals surface area (Å²) in [5.74, 6) is 0.368. The molecule has 0 bridgehead atoms. The fourth-order valence-electron chi connectivity index (χ4n) is 7.14. The summed E-state index contributed by atoms with van der Waals surface area (Å²) in [6, 6.07) is 23.4. The smallest absolute Gasteiger partial charge is 0.242 e. The van der Waals surface area contributed by atoms with Gasteiger partial charge in [-0.3, -0.25) is 4.79 Å². The number of hydrogen-bond acceptors (Lipinski definition) is 1. The number of hydrogen-bond donors (Lipinski definition) is 2. The molecule has 1 aliphatic heterocycles. The fraction of sp³-hybridized carbons (Fsp3) is 0.233. The minimum absolute atomic E-state index is 0.0812. The van der Waals surface area contributed by atoms with Crippen molar-refractivity contribution >= 4 is 33.4 Å². The molecule has 2 N–H and O–H groups in total. The van der Waals surface area contributed by atoms with E-state index in [0.29, 0.717) is 0 Å². The van der Waals surface area contributed by atoms with E-state index >= 15 is 0 Å². The number of fused-ring (bicyclic) bond motifs is 7. The van der Waals surface area contributed by atoms with Crippen LogP contribution < -0.4 is 4.90 Å². The predicted octanol–water partition coefficient (Wildman–Crippen LogP) is 6.39. The Bertz CT molecular complexity index is 1620. The van der Waals surface area contributed by atoms with Gasteiger partial charge in [-0.1, -0.05) is 67.9 Å². The maximum atomic E-state index is 14.4. The number of aromatic amines is 2. The van der Waals surface area contributed by atoms with E-state index in [-0.39, 0.29) is 17.7 Å². The Hall–Kier alpha value is -3.79. The number of amides is 1. The number of anilines is 1. The molecule has 2 aliphatic rings. The van der Waals surface area contributed by atoms with Crippen LogP contribution in [0.25, 0.3) is 21.8 Å². The maximum absolute atomic E-state index is 14.4. The summed E-state index contributed by atoms with van der Waals surface area (Å²) in [4.78, 5) is 23.6. The lowest BCUT2D eigenvalue weighted by Gasteiger charge is -2.34. The summed E-state index contributed by atoms with van der Waals surface area (Å²) >= 11 is 0. The Morgan fingerprint density at radius 1 is 0.971 bits per heavy atom. The minimum Gasteiger partial charge on any atom is -0.361 e. The third kappa shape index (κ3) is 2.12. The highest BCUT2D eigenvalue weighted by atomic mass is 16.2. The van der Waals surface area contributed by atoms with Crippen LogP contribution in [0.4, 0.5) is 5.69 Å². The number of carbonyl (C=O) groups is 1. The molecule has 168 valence electrons. The quantitative estimate of drug-likeness (QED) is 0.325. The van der Waals surface area contributed by atoms with Crippen molar-refractivity contribution in [1.29, 1.82) is 0 Å². The molecule has 5 aromatic rings. The Kier molecular flexibility index (Phi) is 3.83. The summed E-state index contributed by atoms with van der Waals surface area (Å²) in [5.41, 5.74) is 8.60. The summed E-state index contributed by atoms with van der Waals surface area (Å²) in [7, 11) is 1.93. The number of nitrogens with one attached hydrogen (secondary N) is 2. The van der Waals surface area contributed by atoms with Crippen LogP contribution in [0.3, 0.4) is 0 Å². The molecule has 3 aromatic carbocycles. The maximum Gasteiger partial charge on any atom is 0.242 e. The fourth-order valence-corrected chi connectivity index (χ4v) is 7.14. The summed E-state index contributed by atoms with van der Waals surface area (Å²) in [6.07, 6.45) is 2.99. The standard InChI is InChI=1S/C30H27N3O/c1-4-21-25(20-12-9-11-18-17(2)16-31-27(18)20)28-26(19-10-5-7-14-23(19)32-28)30(21)22-13-6-8-15-24(22)33(3)29(30)34/h5-16,21,25,31-32H,4H2,1-3H3/t21-,25-,30-/m0/s1. The molecule has 7 rings (SSSR count). The third-order valence-electron chi connectivity index (χ3n) is 8.46. The molecule has 2 aromatic heterocycles. The number of para-hydroxylation sites is 3. The SMILES string of the molecule is CC[C@H]1[C@H](c2cccc3c(C)c[nH]c23)c2[nH]c3ccccc3c2[C@]12C(=O)N(C)c1ccccc12. The second kappa shape index (κ2) is 6.63. The van der Waals surface area contributed by atoms with Crippen LogP contribution in [0.1, 0.15) is 47.2 Å². The van der Waals surface area contributed by atoms with Crippen LogP contribution in [0.2, 0.25) is 0 Å². The van der Waals surface area contributed by atoms with E-state index in [2.05, 4.69) is 90.7 Å². The molecular formula is C30H27N3O. The first-order valence-electron chi connectivity index (χ1n) is 12.1. The molecular weight excluding hydrogens is 418 g/mol. The van der Waals surface area contributed by atoms with Gasteiger partial charge in [0.1, 0.15) is 5.41 Å². The molecule has 3 atom stereocenters. The molecule has 3 heterocycles. The monoisotopic (exact) mass is 445 g/mol. The van der Waals surface area contributed by atoms with E-state index < -0.39 is 5.41 Å². The highest BCUT2D eigenvalue weighted by Crippen LogP contribution is 2.64. The molecule has 0 unspecified atom stereocenters. The molecule has 0 saturated heterocycles. The zero-order valence-electron chi connectivity index (χ0n) is 19.6. The van der Waals surface area contributed by atoms with Gasteiger partial charge in [-0.15, -0.1) is 0 Å². The lowest BCUT2D eigenvalue weighted by molar-refractivity contribution is -0.123. The van der Waals surface area contributed by atoms with Crippen molar-refractivity contribution in [2.45, 2.75) is 31.6 Å². The second-order valence-corrected chi connectivity index (χ2v) is 9.88. The summed E-state index contributed by atoms with van der Waals surface area (Å²) in [5, 5.41) is 2.41. The number of carbonyl (C=O) groups excluding carboxylic acids is 1. The van der Waals surface area contributed by atoms with E-state index in [9.17, 15) is 4.79 Å². The van der Waals surface area contributed by atoms with Crippen LogP contribution in [-0.2, 0) is 10.2 Å². The van der Waals surface area contributed by atoms with Crippen molar-refractivity contribution in [3.63, 3.8) is 0 Å². The van der Waals surface area contributed by atoms with Crippen LogP contribution in [0, 0.1) is 12.8 Å². The van der Waals surface area contributed by atoms with Gasteiger partial charge in [0.05, 0.1) is 0 Å². The van der Waals surface area contributed by atoms with Crippen molar-refractivity contribution in [1.82, 2.24) is 9.97 Å². The molecule has 1 amide bonds. The topological polar surface area (TPSA) is 51.9 Å². The van der Waals surface area contributed by atoms with Gasteiger partial charge in [0.15, 0.2) is 0 Å². The van der Waals surface area contributed by atoms with Crippen LogP contribution in [0.15, 0.2) is 72.9 Å². The summed E-state index contributed by atoms with van der Waals surface area (Å²) in [6.45, 7) is 4.39. The zero-order valence-corrected chi connectivity index (χ0v) is 19.6. The number of H-pyrrole nitrogens is 2. The largest absolute Gasteiger partial charge is 0.361 e. The normalized spacial score (nSPS) is 23.4. The van der Waals surface area contributed by atoms with E-state index in [4.69, 9.17) is 0 Å². The van der Waals surface area contributed by atoms with Gasteiger partial charge >= 0.3 is 0 Å². The van der Waals surface area contributed by atoms with Gasteiger partial charge in [-0.05, 0) is 41.7 Å². The van der Waals surface area contributed by atoms with Crippen molar-refractivity contribution in [2.75, 3.05) is 11.9 Å². The highest BCUT2D eigenvalue weighted by molar-refractivity contribution is 6.14. The van der Waals surface area contributed by atoms with Crippen molar-refractivity contribution in [3.8, 4) is 0 Å². The van der Waals surface area contributed by atoms with Gasteiger partial charge in [-0.25, -0.2) is 0 Å². The molecule has 1 spiro atoms. The third-order valence-corrected chi connectivity index (χ3v) is 8.46. The van der Waals surface area contributed by atoms with Crippen molar-refractivity contribution in [2.24, 2.45) is 5.92 Å². The predicted molar refractivity (Wildman–Crippen MR) is 138 cm³/mol. The lowest BCUT2D eigenvalue weighted by atomic mass is 9.66. The Balaban J connectivity index is 1.63. The first kappa shape index (κ1) is 19.7. The number of likely N-dealkylation sites (N-methyl/N-ethyl adjacent to an activating group) is 1. The minimum atomic E-state index is -0.705. The zero-order chi connectivity index (χ0) is 23.2. The number of nitrogens with zero attached hydrogens (tertiary/aromatic N) is 1. The lowest BCUT2D eigenvalue weighted by Crippen LogP contribution is -2.44. The molecule has 0 fully saturated rings. The number of aryl methyl sites for hydroxylation is 1. The Labute approximate surface area is 198 Å². The van der Waals surface area contributed by atoms with E-state index in [1.807, 2.05) is 18.0 Å². The number of benzene rings is 3. The first-order chi connectivity index (χ1) is 16.6. The molecule has 34 heavy (non-hydrogen) atoms.